The molecule has 0 N–H and O–H groups in total. The van der Waals surface area contributed by atoms with E-state index in [1.165, 1.54) is 167 Å². The van der Waals surface area contributed by atoms with Crippen molar-refractivity contribution >= 4 is 92.2 Å². The van der Waals surface area contributed by atoms with Gasteiger partial charge in [0, 0.05) is 46.4 Å². The first-order chi connectivity index (χ1) is 47.1. The minimum atomic E-state index is -0.791. The number of unbranched alkanes of at least 4 members (excludes halogenated alkanes) is 25. The lowest BCUT2D eigenvalue weighted by Gasteiger charge is -2.29. The van der Waals surface area contributed by atoms with Gasteiger partial charge in [0.2, 0.25) is 5.91 Å². The summed E-state index contributed by atoms with van der Waals surface area (Å²) in [6, 6.07) is 17.1. The second-order valence-electron chi connectivity index (χ2n) is 28.8. The molecule has 4 aromatic rings. The van der Waals surface area contributed by atoms with Gasteiger partial charge in [-0.1, -0.05) is 279 Å². The minimum absolute atomic E-state index is 0.0191. The maximum Gasteiger partial charge on any atom is 0.261 e. The Bertz CT molecular complexity index is 3010. The van der Waals surface area contributed by atoms with E-state index in [1.807, 2.05) is 11.0 Å². The molecule has 4 aromatic heterocycles. The first kappa shape index (κ1) is 79.1. The third-order valence-electron chi connectivity index (χ3n) is 21.1. The number of nitrogens with zero attached hydrogens (tertiary/aromatic N) is 4. The highest BCUT2D eigenvalue weighted by atomic mass is 32.1. The smallest absolute Gasteiger partial charge is 0.261 e. The van der Waals surface area contributed by atoms with Gasteiger partial charge in [-0.2, -0.15) is 0 Å². The minimum Gasteiger partial charge on any atom is -0.309 e. The normalized spacial score (nSPS) is 16.6. The molecule has 5 unspecified atom stereocenters. The maximum absolute atomic E-state index is 16.0. The van der Waals surface area contributed by atoms with E-state index in [0.717, 1.165) is 148 Å². The van der Waals surface area contributed by atoms with Gasteiger partial charge in [-0.25, -0.2) is 0 Å². The van der Waals surface area contributed by atoms with E-state index >= 15 is 14.4 Å². The van der Waals surface area contributed by atoms with Crippen molar-refractivity contribution in [2.45, 2.75) is 312 Å². The summed E-state index contributed by atoms with van der Waals surface area (Å²) < 4.78 is 0. The molecule has 0 saturated heterocycles. The Morgan fingerprint density at radius 3 is 1.15 bits per heavy atom. The van der Waals surface area contributed by atoms with Crippen LogP contribution in [0.5, 0.6) is 0 Å². The molecule has 532 valence electrons. The summed E-state index contributed by atoms with van der Waals surface area (Å²) in [5.74, 6) is 0.513. The summed E-state index contributed by atoms with van der Waals surface area (Å²) in [7, 11) is 0. The molecule has 3 amide bonds. The number of carbonyl (C=O) groups is 4. The van der Waals surface area contributed by atoms with Gasteiger partial charge in [0.25, 0.3) is 11.8 Å². The van der Waals surface area contributed by atoms with Gasteiger partial charge in [-0.05, 0) is 116 Å². The fraction of sp³-hybridized carbons (Fsp3) is 0.679. The highest BCUT2D eigenvalue weighted by molar-refractivity contribution is 7.23. The summed E-state index contributed by atoms with van der Waals surface area (Å²) in [5.41, 5.74) is 4.82. The Balaban J connectivity index is 1.34. The number of thiophene rings is 4. The van der Waals surface area contributed by atoms with Crippen LogP contribution in [0.3, 0.4) is 0 Å². The molecular formula is C84H128N4O4S4. The van der Waals surface area contributed by atoms with Crippen LogP contribution >= 0.6 is 45.3 Å². The topological polar surface area (TPSA) is 90.4 Å². The Labute approximate surface area is 600 Å². The van der Waals surface area contributed by atoms with Crippen LogP contribution in [0.1, 0.15) is 332 Å². The number of rotatable bonds is 55. The van der Waals surface area contributed by atoms with Crippen LogP contribution < -0.4 is 0 Å². The molecule has 0 radical (unpaired) electrons. The quantitative estimate of drug-likeness (QED) is 0.0250. The standard InChI is InChI=1S/C84H128N4O4S4/c1-9-17-24-31-34-41-50-67(47-38-30-23-15-7)62-88-81(77-76(83(88)91)80(72-52-43-58-94-72)87(84(77)92)61-66(46-37-29-22-14-6)49-40-33-26-19-11-3)74-56-54-70(96-74)69-53-55-73(95-69)79-68(63-89)75(78(71-51-42-57-93-71)85-59-64(16-8)44-35-27-20-12-4)82(90)86(79)60-65(45-36-28-21-13-5)48-39-32-25-18-10-2/h42-43,51-58,63-67,75H,9-41,44-50,59-62H2,1-8H3. The second-order valence-corrected chi connectivity index (χ2v) is 32.9. The first-order valence-electron chi connectivity index (χ1n) is 39.6. The van der Waals surface area contributed by atoms with Gasteiger partial charge in [0.1, 0.15) is 12.2 Å². The van der Waals surface area contributed by atoms with Gasteiger partial charge in [-0.15, -0.1) is 45.3 Å². The van der Waals surface area contributed by atoms with Crippen molar-refractivity contribution in [3.8, 4) is 9.75 Å². The maximum atomic E-state index is 16.0. The summed E-state index contributed by atoms with van der Waals surface area (Å²) in [6.07, 6.45) is 48.2. The number of fused-ring (bicyclic) bond motifs is 1. The van der Waals surface area contributed by atoms with Crippen molar-refractivity contribution < 1.29 is 19.2 Å². The van der Waals surface area contributed by atoms with Crippen molar-refractivity contribution in [1.29, 1.82) is 0 Å². The zero-order valence-corrected chi connectivity index (χ0v) is 64.7. The Morgan fingerprint density at radius 2 is 0.760 bits per heavy atom. The zero-order valence-electron chi connectivity index (χ0n) is 61.4. The van der Waals surface area contributed by atoms with Crippen LogP contribution in [0.2, 0.25) is 0 Å². The predicted octanol–water partition coefficient (Wildman–Crippen LogP) is 25.5. The number of hydrogen-bond donors (Lipinski definition) is 0. The first-order valence-corrected chi connectivity index (χ1v) is 43.0. The average Bonchev–Trinajstić information content (AvgIpc) is 1.56. The van der Waals surface area contributed by atoms with Crippen molar-refractivity contribution in [3.05, 3.63) is 95.5 Å². The largest absolute Gasteiger partial charge is 0.309 e. The van der Waals surface area contributed by atoms with Crippen LogP contribution in [-0.4, -0.2) is 70.6 Å². The summed E-state index contributed by atoms with van der Waals surface area (Å²) in [5, 5.41) is 4.17. The molecule has 0 spiro atoms. The molecule has 7 rings (SSSR count). The Hall–Kier alpha value is -4.23. The predicted molar refractivity (Wildman–Crippen MR) is 417 cm³/mol. The summed E-state index contributed by atoms with van der Waals surface area (Å²) in [4.78, 5) is 79.7. The van der Waals surface area contributed by atoms with E-state index < -0.39 is 5.92 Å². The molecule has 0 aromatic carbocycles. The molecule has 0 fully saturated rings. The number of hydrogen-bond acceptors (Lipinski definition) is 9. The van der Waals surface area contributed by atoms with E-state index in [0.29, 0.717) is 66.6 Å². The number of aldehydes is 1. The number of aliphatic imine (C=N–C) groups is 1. The summed E-state index contributed by atoms with van der Waals surface area (Å²) in [6.45, 7) is 20.6. The van der Waals surface area contributed by atoms with Gasteiger partial charge in [-0.3, -0.25) is 24.2 Å². The van der Waals surface area contributed by atoms with Crippen LogP contribution in [0.15, 0.2) is 81.0 Å². The highest BCUT2D eigenvalue weighted by Crippen LogP contribution is 2.51. The lowest BCUT2D eigenvalue weighted by molar-refractivity contribution is -0.129. The van der Waals surface area contributed by atoms with Gasteiger partial charge < -0.3 is 14.7 Å². The van der Waals surface area contributed by atoms with E-state index in [1.54, 1.807) is 45.3 Å². The molecular weight excluding hydrogens is 1260 g/mol. The zero-order chi connectivity index (χ0) is 68.3. The molecule has 7 heterocycles. The molecule has 3 aliphatic heterocycles. The highest BCUT2D eigenvalue weighted by Gasteiger charge is 2.50. The van der Waals surface area contributed by atoms with E-state index in [2.05, 4.69) is 118 Å². The molecule has 0 bridgehead atoms. The Morgan fingerprint density at radius 1 is 0.406 bits per heavy atom. The lowest BCUT2D eigenvalue weighted by atomic mass is 9.92. The third kappa shape index (κ3) is 23.2. The van der Waals surface area contributed by atoms with Crippen LogP contribution in [-0.2, 0) is 19.2 Å². The number of carbonyl (C=O) groups excluding carboxylic acids is 4. The molecule has 96 heavy (non-hydrogen) atoms. The molecule has 5 atom stereocenters. The van der Waals surface area contributed by atoms with E-state index in [9.17, 15) is 4.79 Å². The average molecular weight is 1390 g/mol. The molecule has 8 nitrogen and oxygen atoms in total. The third-order valence-corrected chi connectivity index (χ3v) is 25.2. The Kier molecular flexibility index (Phi) is 36.9. The number of amides is 3. The van der Waals surface area contributed by atoms with Crippen LogP contribution in [0.4, 0.5) is 0 Å². The molecule has 12 heteroatoms. The SMILES string of the molecule is CCCCCCCCC(CCCCCC)CN1C(=O)C2=C(c3cccs3)N(CC(CCCCCC)CCCCCCC)C(=O)C2=C1c1ccc(-c2ccc(C3=C(C=O)C(C(=NCC(CC)CCCCCC)c4cccs4)C(=O)N3CC(CCCCCC)CCCCCCC)s2)s1. The lowest BCUT2D eigenvalue weighted by Crippen LogP contribution is -2.36. The fourth-order valence-electron chi connectivity index (χ4n) is 15.3. The van der Waals surface area contributed by atoms with E-state index in [-0.39, 0.29) is 17.7 Å². The molecule has 0 saturated carbocycles. The van der Waals surface area contributed by atoms with Gasteiger partial charge in [0.15, 0.2) is 0 Å². The van der Waals surface area contributed by atoms with Gasteiger partial charge >= 0.3 is 0 Å². The second kappa shape index (κ2) is 44.8. The molecule has 0 aliphatic carbocycles. The van der Waals surface area contributed by atoms with Crippen LogP contribution in [0, 0.1) is 29.6 Å². The van der Waals surface area contributed by atoms with Crippen molar-refractivity contribution in [2.24, 2.45) is 34.6 Å². The van der Waals surface area contributed by atoms with Gasteiger partial charge in [0.05, 0.1) is 48.6 Å². The monoisotopic (exact) mass is 1380 g/mol. The van der Waals surface area contributed by atoms with Crippen molar-refractivity contribution in [1.82, 2.24) is 14.7 Å². The van der Waals surface area contributed by atoms with Crippen LogP contribution in [0.25, 0.3) is 26.8 Å². The van der Waals surface area contributed by atoms with Crippen molar-refractivity contribution in [3.63, 3.8) is 0 Å². The van der Waals surface area contributed by atoms with Crippen molar-refractivity contribution in [2.75, 3.05) is 26.2 Å². The summed E-state index contributed by atoms with van der Waals surface area (Å²) >= 11 is 6.59. The van der Waals surface area contributed by atoms with E-state index in [4.69, 9.17) is 4.99 Å². The molecule has 3 aliphatic rings. The fourth-order valence-corrected chi connectivity index (χ4v) is 19.1.